The Labute approximate surface area is 176 Å². The Morgan fingerprint density at radius 1 is 0.828 bits per heavy atom. The van der Waals surface area contributed by atoms with Crippen molar-refractivity contribution in [2.75, 3.05) is 13.1 Å². The molecule has 1 atom stereocenters. The van der Waals surface area contributed by atoms with Gasteiger partial charge in [0.1, 0.15) is 0 Å². The molecule has 0 aliphatic carbocycles. The molecule has 29 heavy (non-hydrogen) atoms. The minimum atomic E-state index is 0.0576. The van der Waals surface area contributed by atoms with Crippen LogP contribution in [0.3, 0.4) is 0 Å². The molecule has 2 aromatic rings. The van der Waals surface area contributed by atoms with Crippen LogP contribution in [0.25, 0.3) is 0 Å². The number of rotatable bonds is 5. The normalized spacial score (nSPS) is 21.9. The number of hydrogen-bond acceptors (Lipinski definition) is 1. The Bertz CT molecular complexity index is 841. The average molecular weight is 388 g/mol. The third-order valence-corrected chi connectivity index (χ3v) is 6.82. The molecule has 0 aromatic heterocycles. The molecule has 2 aromatic carbocycles. The van der Waals surface area contributed by atoms with Gasteiger partial charge in [0.15, 0.2) is 18.3 Å². The molecule has 0 amide bonds. The zero-order valence-electron chi connectivity index (χ0n) is 18.1. The SMILES string of the molecule is CC1(C)C(Cc2ccccc2)C(N2CCCCCC2)=CC=[N+]1Cc1ccccc1. The van der Waals surface area contributed by atoms with E-state index in [1.165, 1.54) is 49.9 Å². The summed E-state index contributed by atoms with van der Waals surface area (Å²) in [6.45, 7) is 8.25. The van der Waals surface area contributed by atoms with Crippen molar-refractivity contribution in [2.45, 2.75) is 58.0 Å². The van der Waals surface area contributed by atoms with E-state index in [0.29, 0.717) is 5.92 Å². The van der Waals surface area contributed by atoms with Crippen molar-refractivity contribution in [3.63, 3.8) is 0 Å². The van der Waals surface area contributed by atoms with E-state index in [1.807, 2.05) is 0 Å². The van der Waals surface area contributed by atoms with E-state index >= 15 is 0 Å². The van der Waals surface area contributed by atoms with Gasteiger partial charge >= 0.3 is 0 Å². The highest BCUT2D eigenvalue weighted by Crippen LogP contribution is 2.36. The van der Waals surface area contributed by atoms with Gasteiger partial charge in [-0.25, -0.2) is 4.58 Å². The van der Waals surface area contributed by atoms with Crippen molar-refractivity contribution in [1.29, 1.82) is 0 Å². The summed E-state index contributed by atoms with van der Waals surface area (Å²) >= 11 is 0. The van der Waals surface area contributed by atoms with Gasteiger partial charge in [-0.3, -0.25) is 0 Å². The van der Waals surface area contributed by atoms with Gasteiger partial charge in [-0.2, -0.15) is 0 Å². The Morgan fingerprint density at radius 2 is 1.41 bits per heavy atom. The highest BCUT2D eigenvalue weighted by atomic mass is 15.2. The predicted molar refractivity (Wildman–Crippen MR) is 122 cm³/mol. The summed E-state index contributed by atoms with van der Waals surface area (Å²) in [5, 5.41) is 0. The third-order valence-electron chi connectivity index (χ3n) is 6.82. The van der Waals surface area contributed by atoms with E-state index in [0.717, 1.165) is 13.0 Å². The molecule has 0 radical (unpaired) electrons. The standard InChI is InChI=1S/C27H35N2/c1-27(2)25(21-23-13-7-5-8-14-23)26(28-18-11-3-4-12-19-28)17-20-29(27)22-24-15-9-6-10-16-24/h5-10,13-17,20,25H,3-4,11-12,18-19,21-22H2,1-2H3/q+1. The smallest absolute Gasteiger partial charge is 0.168 e. The summed E-state index contributed by atoms with van der Waals surface area (Å²) in [7, 11) is 0. The molecule has 1 saturated heterocycles. The molecular weight excluding hydrogens is 352 g/mol. The molecule has 0 spiro atoms. The minimum Gasteiger partial charge on any atom is -0.374 e. The molecule has 0 saturated carbocycles. The second-order valence-corrected chi connectivity index (χ2v) is 9.15. The van der Waals surface area contributed by atoms with Gasteiger partial charge in [0.25, 0.3) is 0 Å². The van der Waals surface area contributed by atoms with Crippen LogP contribution in [-0.2, 0) is 13.0 Å². The van der Waals surface area contributed by atoms with Gasteiger partial charge in [0.2, 0.25) is 0 Å². The molecule has 1 fully saturated rings. The Kier molecular flexibility index (Phi) is 6.18. The maximum atomic E-state index is 2.69. The molecule has 152 valence electrons. The molecule has 2 heteroatoms. The predicted octanol–water partition coefficient (Wildman–Crippen LogP) is 5.68. The van der Waals surface area contributed by atoms with E-state index < -0.39 is 0 Å². The zero-order chi connectivity index (χ0) is 20.1. The van der Waals surface area contributed by atoms with Crippen molar-refractivity contribution in [3.05, 3.63) is 83.6 Å². The van der Waals surface area contributed by atoms with Crippen LogP contribution >= 0.6 is 0 Å². The van der Waals surface area contributed by atoms with E-state index in [-0.39, 0.29) is 5.54 Å². The summed E-state index contributed by atoms with van der Waals surface area (Å²) in [5.41, 5.74) is 4.42. The fraction of sp³-hybridized carbons (Fsp3) is 0.444. The molecule has 4 rings (SSSR count). The molecular formula is C27H35N2+. The minimum absolute atomic E-state index is 0.0576. The molecule has 2 heterocycles. The van der Waals surface area contributed by atoms with E-state index in [4.69, 9.17) is 0 Å². The summed E-state index contributed by atoms with van der Waals surface area (Å²) in [5.74, 6) is 0.483. The van der Waals surface area contributed by atoms with Crippen LogP contribution in [0, 0.1) is 5.92 Å². The van der Waals surface area contributed by atoms with Crippen LogP contribution in [0.4, 0.5) is 0 Å². The second-order valence-electron chi connectivity index (χ2n) is 9.15. The fourth-order valence-electron chi connectivity index (χ4n) is 4.93. The van der Waals surface area contributed by atoms with Crippen molar-refractivity contribution >= 4 is 6.21 Å². The summed E-state index contributed by atoms with van der Waals surface area (Å²) in [4.78, 5) is 2.69. The lowest BCUT2D eigenvalue weighted by molar-refractivity contribution is -0.621. The van der Waals surface area contributed by atoms with E-state index in [1.54, 1.807) is 5.70 Å². The number of hydrogen-bond donors (Lipinski definition) is 0. The molecule has 1 unspecified atom stereocenters. The number of allylic oxidation sites excluding steroid dienone is 1. The van der Waals surface area contributed by atoms with Crippen molar-refractivity contribution in [1.82, 2.24) is 4.90 Å². The first-order valence-electron chi connectivity index (χ1n) is 11.3. The van der Waals surface area contributed by atoms with Crippen molar-refractivity contribution in [3.8, 4) is 0 Å². The van der Waals surface area contributed by atoms with E-state index in [9.17, 15) is 0 Å². The summed E-state index contributed by atoms with van der Waals surface area (Å²) < 4.78 is 2.55. The van der Waals surface area contributed by atoms with Gasteiger partial charge in [-0.15, -0.1) is 0 Å². The topological polar surface area (TPSA) is 6.25 Å². The summed E-state index contributed by atoms with van der Waals surface area (Å²) in [6.07, 6.45) is 11.3. The third kappa shape index (κ3) is 4.63. The molecule has 0 bridgehead atoms. The molecule has 0 N–H and O–H groups in total. The average Bonchev–Trinajstić information content (AvgIpc) is 3.02. The molecule has 2 aliphatic rings. The number of benzene rings is 2. The van der Waals surface area contributed by atoms with Crippen LogP contribution in [0.15, 0.2) is 72.4 Å². The lowest BCUT2D eigenvalue weighted by Gasteiger charge is -2.40. The van der Waals surface area contributed by atoms with Gasteiger partial charge in [0.05, 0.1) is 5.92 Å². The first-order chi connectivity index (χ1) is 14.1. The lowest BCUT2D eigenvalue weighted by atomic mass is 9.77. The van der Waals surface area contributed by atoms with E-state index in [2.05, 4.69) is 96.3 Å². The van der Waals surface area contributed by atoms with Crippen LogP contribution in [0.5, 0.6) is 0 Å². The number of likely N-dealkylation sites (tertiary alicyclic amines) is 1. The maximum Gasteiger partial charge on any atom is 0.168 e. The first-order valence-corrected chi connectivity index (χ1v) is 11.3. The molecule has 2 nitrogen and oxygen atoms in total. The fourth-order valence-corrected chi connectivity index (χ4v) is 4.93. The lowest BCUT2D eigenvalue weighted by Crippen LogP contribution is -2.50. The van der Waals surface area contributed by atoms with Crippen LogP contribution in [0.2, 0.25) is 0 Å². The Hall–Kier alpha value is -2.35. The second kappa shape index (κ2) is 8.98. The maximum absolute atomic E-state index is 2.69. The van der Waals surface area contributed by atoms with Gasteiger partial charge < -0.3 is 4.90 Å². The Morgan fingerprint density at radius 3 is 2.03 bits per heavy atom. The molecule has 2 aliphatic heterocycles. The highest BCUT2D eigenvalue weighted by molar-refractivity contribution is 5.69. The van der Waals surface area contributed by atoms with Gasteiger partial charge in [-0.1, -0.05) is 73.5 Å². The number of nitrogens with zero attached hydrogens (tertiary/aromatic N) is 2. The van der Waals surface area contributed by atoms with Crippen molar-refractivity contribution in [2.24, 2.45) is 5.92 Å². The quantitative estimate of drug-likeness (QED) is 0.598. The van der Waals surface area contributed by atoms with Crippen molar-refractivity contribution < 1.29 is 4.58 Å². The summed E-state index contributed by atoms with van der Waals surface area (Å²) in [6, 6.07) is 21.9. The zero-order valence-corrected chi connectivity index (χ0v) is 18.1. The van der Waals surface area contributed by atoms with Gasteiger partial charge in [-0.05, 0) is 24.8 Å². The Balaban J connectivity index is 1.67. The van der Waals surface area contributed by atoms with Gasteiger partial charge in [0, 0.05) is 44.3 Å². The first kappa shape index (κ1) is 19.9. The van der Waals surface area contributed by atoms with Crippen LogP contribution < -0.4 is 0 Å². The highest BCUT2D eigenvalue weighted by Gasteiger charge is 2.45. The van der Waals surface area contributed by atoms with Crippen LogP contribution in [-0.4, -0.2) is 34.3 Å². The monoisotopic (exact) mass is 387 g/mol. The largest absolute Gasteiger partial charge is 0.374 e. The van der Waals surface area contributed by atoms with Crippen LogP contribution in [0.1, 0.15) is 50.7 Å².